The lowest BCUT2D eigenvalue weighted by Gasteiger charge is -2.41. The molecule has 0 saturated carbocycles. The van der Waals surface area contributed by atoms with E-state index in [9.17, 15) is 9.59 Å². The third kappa shape index (κ3) is 4.17. The summed E-state index contributed by atoms with van der Waals surface area (Å²) in [4.78, 5) is 27.0. The summed E-state index contributed by atoms with van der Waals surface area (Å²) in [5, 5.41) is 3.21. The van der Waals surface area contributed by atoms with Crippen molar-refractivity contribution in [2.24, 2.45) is 11.3 Å². The SMILES string of the molecule is C=CC(=O)N1CCC(C(=O)NCC(C)(C)C(C)C)(c2ccccc2)CC1. The molecule has 0 spiro atoms. The van der Waals surface area contributed by atoms with Crippen LogP contribution in [0.15, 0.2) is 43.0 Å². The third-order valence-electron chi connectivity index (χ3n) is 6.13. The Morgan fingerprint density at radius 3 is 2.31 bits per heavy atom. The molecule has 1 N–H and O–H groups in total. The van der Waals surface area contributed by atoms with Gasteiger partial charge < -0.3 is 10.2 Å². The minimum atomic E-state index is -0.577. The molecule has 0 aliphatic carbocycles. The topological polar surface area (TPSA) is 49.4 Å². The van der Waals surface area contributed by atoms with Crippen LogP contribution in [0.5, 0.6) is 0 Å². The summed E-state index contributed by atoms with van der Waals surface area (Å²) in [5.41, 5.74) is 0.491. The minimum Gasteiger partial charge on any atom is -0.355 e. The zero-order valence-electron chi connectivity index (χ0n) is 16.5. The Labute approximate surface area is 157 Å². The molecule has 142 valence electrons. The van der Waals surface area contributed by atoms with Crippen LogP contribution in [-0.4, -0.2) is 36.3 Å². The van der Waals surface area contributed by atoms with Crippen LogP contribution in [0.4, 0.5) is 0 Å². The molecule has 0 bridgehead atoms. The number of hydrogen-bond acceptors (Lipinski definition) is 2. The van der Waals surface area contributed by atoms with Gasteiger partial charge in [-0.25, -0.2) is 0 Å². The van der Waals surface area contributed by atoms with E-state index in [1.54, 1.807) is 4.90 Å². The maximum Gasteiger partial charge on any atom is 0.245 e. The van der Waals surface area contributed by atoms with Crippen molar-refractivity contribution in [3.63, 3.8) is 0 Å². The summed E-state index contributed by atoms with van der Waals surface area (Å²) in [7, 11) is 0. The van der Waals surface area contributed by atoms with Crippen molar-refractivity contribution in [2.75, 3.05) is 19.6 Å². The first-order valence-corrected chi connectivity index (χ1v) is 9.48. The van der Waals surface area contributed by atoms with Crippen LogP contribution in [0.3, 0.4) is 0 Å². The van der Waals surface area contributed by atoms with Crippen LogP contribution in [0.25, 0.3) is 0 Å². The number of nitrogens with zero attached hydrogens (tertiary/aromatic N) is 1. The van der Waals surface area contributed by atoms with Crippen molar-refractivity contribution < 1.29 is 9.59 Å². The van der Waals surface area contributed by atoms with Crippen LogP contribution in [0.1, 0.15) is 46.1 Å². The number of amides is 2. The van der Waals surface area contributed by atoms with Gasteiger partial charge in [0, 0.05) is 19.6 Å². The van der Waals surface area contributed by atoms with Gasteiger partial charge in [-0.3, -0.25) is 9.59 Å². The van der Waals surface area contributed by atoms with Crippen LogP contribution in [-0.2, 0) is 15.0 Å². The predicted octanol–water partition coefficient (Wildman–Crippen LogP) is 3.53. The average molecular weight is 357 g/mol. The molecule has 1 aliphatic heterocycles. The lowest BCUT2D eigenvalue weighted by Crippen LogP contribution is -2.54. The number of benzene rings is 1. The molecule has 4 heteroatoms. The monoisotopic (exact) mass is 356 g/mol. The zero-order chi connectivity index (χ0) is 19.4. The number of carbonyl (C=O) groups is 2. The second-order valence-corrected chi connectivity index (χ2v) is 8.30. The molecule has 1 aliphatic rings. The van der Waals surface area contributed by atoms with Crippen molar-refractivity contribution >= 4 is 11.8 Å². The molecule has 4 nitrogen and oxygen atoms in total. The Bertz CT molecular complexity index is 641. The lowest BCUT2D eigenvalue weighted by molar-refractivity contribution is -0.134. The van der Waals surface area contributed by atoms with E-state index >= 15 is 0 Å². The largest absolute Gasteiger partial charge is 0.355 e. The van der Waals surface area contributed by atoms with Gasteiger partial charge in [0.25, 0.3) is 0 Å². The first-order chi connectivity index (χ1) is 12.2. The summed E-state index contributed by atoms with van der Waals surface area (Å²) in [6, 6.07) is 9.97. The van der Waals surface area contributed by atoms with E-state index < -0.39 is 5.41 Å². The Balaban J connectivity index is 2.22. The van der Waals surface area contributed by atoms with Crippen molar-refractivity contribution in [1.29, 1.82) is 0 Å². The summed E-state index contributed by atoms with van der Waals surface area (Å²) in [5.74, 6) is 0.485. The van der Waals surface area contributed by atoms with Gasteiger partial charge in [-0.2, -0.15) is 0 Å². The quantitative estimate of drug-likeness (QED) is 0.793. The van der Waals surface area contributed by atoms with E-state index in [2.05, 4.69) is 39.6 Å². The van der Waals surface area contributed by atoms with Gasteiger partial charge in [0.2, 0.25) is 11.8 Å². The third-order valence-corrected chi connectivity index (χ3v) is 6.13. The fraction of sp³-hybridized carbons (Fsp3) is 0.545. The zero-order valence-corrected chi connectivity index (χ0v) is 16.5. The van der Waals surface area contributed by atoms with Crippen LogP contribution < -0.4 is 5.32 Å². The predicted molar refractivity (Wildman–Crippen MR) is 106 cm³/mol. The van der Waals surface area contributed by atoms with E-state index in [-0.39, 0.29) is 17.2 Å². The first-order valence-electron chi connectivity index (χ1n) is 9.48. The number of nitrogens with one attached hydrogen (secondary N) is 1. The highest BCUT2D eigenvalue weighted by molar-refractivity contribution is 5.90. The van der Waals surface area contributed by atoms with Crippen LogP contribution in [0.2, 0.25) is 0 Å². The van der Waals surface area contributed by atoms with Crippen molar-refractivity contribution in [3.8, 4) is 0 Å². The summed E-state index contributed by atoms with van der Waals surface area (Å²) >= 11 is 0. The Hall–Kier alpha value is -2.10. The van der Waals surface area contributed by atoms with E-state index in [1.807, 2.05) is 30.3 Å². The van der Waals surface area contributed by atoms with Gasteiger partial charge in [-0.15, -0.1) is 0 Å². The molecular weight excluding hydrogens is 324 g/mol. The average Bonchev–Trinajstić information content (AvgIpc) is 2.66. The summed E-state index contributed by atoms with van der Waals surface area (Å²) in [6.45, 7) is 14.1. The highest BCUT2D eigenvalue weighted by Crippen LogP contribution is 2.36. The number of carbonyl (C=O) groups excluding carboxylic acids is 2. The van der Waals surface area contributed by atoms with Crippen molar-refractivity contribution in [3.05, 3.63) is 48.6 Å². The summed E-state index contributed by atoms with van der Waals surface area (Å²) in [6.07, 6.45) is 2.61. The number of hydrogen-bond donors (Lipinski definition) is 1. The smallest absolute Gasteiger partial charge is 0.245 e. The van der Waals surface area contributed by atoms with E-state index in [0.717, 1.165) is 5.56 Å². The summed E-state index contributed by atoms with van der Waals surface area (Å²) < 4.78 is 0. The van der Waals surface area contributed by atoms with Gasteiger partial charge >= 0.3 is 0 Å². The number of piperidine rings is 1. The molecule has 0 aromatic heterocycles. The van der Waals surface area contributed by atoms with E-state index in [0.29, 0.717) is 38.4 Å². The second-order valence-electron chi connectivity index (χ2n) is 8.30. The molecule has 1 saturated heterocycles. The maximum atomic E-state index is 13.3. The first kappa shape index (κ1) is 20.2. The molecule has 0 atom stereocenters. The molecule has 2 amide bonds. The lowest BCUT2D eigenvalue weighted by atomic mass is 9.71. The molecule has 1 aromatic rings. The fourth-order valence-corrected chi connectivity index (χ4v) is 3.32. The molecule has 1 aromatic carbocycles. The maximum absolute atomic E-state index is 13.3. The highest BCUT2D eigenvalue weighted by Gasteiger charge is 2.43. The van der Waals surface area contributed by atoms with Gasteiger partial charge in [0.1, 0.15) is 0 Å². The number of likely N-dealkylation sites (tertiary alicyclic amines) is 1. The molecule has 1 heterocycles. The molecule has 1 fully saturated rings. The standard InChI is InChI=1S/C22H32N2O2/c1-6-19(25)24-14-12-22(13-15-24,18-10-8-7-9-11-18)20(26)23-16-21(4,5)17(2)3/h6-11,17H,1,12-16H2,2-5H3,(H,23,26). The number of rotatable bonds is 6. The second kappa shape index (κ2) is 8.07. The van der Waals surface area contributed by atoms with Gasteiger partial charge in [0.05, 0.1) is 5.41 Å². The van der Waals surface area contributed by atoms with Gasteiger partial charge in [0.15, 0.2) is 0 Å². The highest BCUT2D eigenvalue weighted by atomic mass is 16.2. The Morgan fingerprint density at radius 1 is 1.23 bits per heavy atom. The molecule has 0 unspecified atom stereocenters. The molecule has 0 radical (unpaired) electrons. The Kier molecular flexibility index (Phi) is 6.27. The van der Waals surface area contributed by atoms with E-state index in [4.69, 9.17) is 0 Å². The van der Waals surface area contributed by atoms with E-state index in [1.165, 1.54) is 6.08 Å². The van der Waals surface area contributed by atoms with Gasteiger partial charge in [-0.1, -0.05) is 64.6 Å². The van der Waals surface area contributed by atoms with Crippen molar-refractivity contribution in [1.82, 2.24) is 10.2 Å². The molecule has 2 rings (SSSR count). The molecule has 26 heavy (non-hydrogen) atoms. The normalized spacial score (nSPS) is 17.0. The Morgan fingerprint density at radius 2 is 1.81 bits per heavy atom. The fourth-order valence-electron chi connectivity index (χ4n) is 3.32. The van der Waals surface area contributed by atoms with Gasteiger partial charge in [-0.05, 0) is 35.8 Å². The van der Waals surface area contributed by atoms with Crippen molar-refractivity contribution in [2.45, 2.75) is 46.0 Å². The van der Waals surface area contributed by atoms with Crippen LogP contribution in [0, 0.1) is 11.3 Å². The molecular formula is C22H32N2O2. The minimum absolute atomic E-state index is 0.0348. The van der Waals surface area contributed by atoms with Crippen LogP contribution >= 0.6 is 0 Å².